The topological polar surface area (TPSA) is 170 Å². The molecule has 2 unspecified atom stereocenters. The van der Waals surface area contributed by atoms with E-state index in [2.05, 4.69) is 46.8 Å². The van der Waals surface area contributed by atoms with Crippen molar-refractivity contribution >= 4 is 45.1 Å². The minimum Gasteiger partial charge on any atom is -0.492 e. The van der Waals surface area contributed by atoms with E-state index in [0.29, 0.717) is 101 Å². The van der Waals surface area contributed by atoms with Gasteiger partial charge in [0.05, 0.1) is 42.5 Å². The average Bonchev–Trinajstić information content (AvgIpc) is 3.20. The monoisotopic (exact) mass is 835 g/mol. The molecule has 0 aromatic heterocycles. The van der Waals surface area contributed by atoms with Crippen LogP contribution in [-0.2, 0) is 32.4 Å². The number of carboxylic acid groups (broad SMARTS) is 1. The van der Waals surface area contributed by atoms with Crippen LogP contribution in [0.3, 0.4) is 0 Å². The smallest absolute Gasteiger partial charge is 0.320 e. The van der Waals surface area contributed by atoms with Crippen LogP contribution in [0.5, 0.6) is 11.5 Å². The fraction of sp³-hybridized carbons (Fsp3) is 0.545. The zero-order chi connectivity index (χ0) is 41.7. The number of halogens is 1. The zero-order valence-corrected chi connectivity index (χ0v) is 35.6. The Morgan fingerprint density at radius 1 is 1.09 bits per heavy atom. The Kier molecular flexibility index (Phi) is 16.8. The molecular formula is C44H58ClN5O7S. The van der Waals surface area contributed by atoms with Crippen molar-refractivity contribution in [2.24, 2.45) is 16.8 Å². The number of aliphatic imine (C=N–C) groups is 1. The summed E-state index contributed by atoms with van der Waals surface area (Å²) in [5.41, 5.74) is 6.79. The molecule has 58 heavy (non-hydrogen) atoms. The van der Waals surface area contributed by atoms with Crippen LogP contribution in [-0.4, -0.2) is 100 Å². The number of likely N-dealkylation sites (tertiary alicyclic amines) is 1. The Balaban J connectivity index is 1.24. The molecule has 0 spiro atoms. The Hall–Kier alpha value is -4.22. The number of sulfone groups is 1. The van der Waals surface area contributed by atoms with Crippen molar-refractivity contribution in [2.75, 3.05) is 57.4 Å². The van der Waals surface area contributed by atoms with Gasteiger partial charge in [-0.15, -0.1) is 0 Å². The van der Waals surface area contributed by atoms with E-state index >= 15 is 0 Å². The molecule has 0 saturated carbocycles. The van der Waals surface area contributed by atoms with Gasteiger partial charge in [-0.25, -0.2) is 8.42 Å². The van der Waals surface area contributed by atoms with Crippen molar-refractivity contribution in [2.45, 2.75) is 84.7 Å². The van der Waals surface area contributed by atoms with Gasteiger partial charge >= 0.3 is 5.97 Å². The zero-order valence-electron chi connectivity index (χ0n) is 34.0. The summed E-state index contributed by atoms with van der Waals surface area (Å²) in [7, 11) is -3.04. The van der Waals surface area contributed by atoms with Crippen LogP contribution < -0.4 is 20.1 Å². The molecule has 3 aliphatic rings. The lowest BCUT2D eigenvalue weighted by molar-refractivity contribution is -0.144. The van der Waals surface area contributed by atoms with Crippen LogP contribution in [0.1, 0.15) is 81.0 Å². The predicted octanol–water partition coefficient (Wildman–Crippen LogP) is 6.34. The number of benzene rings is 2. The fourth-order valence-electron chi connectivity index (χ4n) is 7.98. The van der Waals surface area contributed by atoms with E-state index in [9.17, 15) is 28.4 Å². The van der Waals surface area contributed by atoms with Crippen molar-refractivity contribution in [3.05, 3.63) is 74.8 Å². The Morgan fingerprint density at radius 2 is 1.91 bits per heavy atom. The first kappa shape index (κ1) is 44.9. The van der Waals surface area contributed by atoms with Crippen LogP contribution in [0, 0.1) is 30.1 Å². The van der Waals surface area contributed by atoms with Crippen molar-refractivity contribution in [1.82, 2.24) is 15.5 Å². The number of carboxylic acids is 1. The molecule has 2 aliphatic heterocycles. The molecule has 1 saturated heterocycles. The SMILES string of the molecule is CCCS(=O)(=O)CCNCCNC(=O)C1=C(C)C(c2cccc(CCOc3cc(OCC4C=NCC(C#N)C4)c(CN4CCCC[C@H]4C(=O)O)cc3Cl)c2C)=CCC1. The van der Waals surface area contributed by atoms with E-state index in [4.69, 9.17) is 21.1 Å². The lowest BCUT2D eigenvalue weighted by Gasteiger charge is -2.33. The molecule has 2 heterocycles. The highest BCUT2D eigenvalue weighted by molar-refractivity contribution is 7.91. The van der Waals surface area contributed by atoms with E-state index in [0.717, 1.165) is 58.2 Å². The van der Waals surface area contributed by atoms with E-state index in [-0.39, 0.29) is 29.2 Å². The van der Waals surface area contributed by atoms with Gasteiger partial charge in [0.1, 0.15) is 17.5 Å². The largest absolute Gasteiger partial charge is 0.492 e. The lowest BCUT2D eigenvalue weighted by atomic mass is 9.84. The summed E-state index contributed by atoms with van der Waals surface area (Å²) < 4.78 is 36.6. The van der Waals surface area contributed by atoms with E-state index in [1.165, 1.54) is 0 Å². The van der Waals surface area contributed by atoms with Gasteiger partial charge in [0.25, 0.3) is 0 Å². The summed E-state index contributed by atoms with van der Waals surface area (Å²) in [6, 6.07) is 11.5. The third kappa shape index (κ3) is 12.4. The molecule has 2 aromatic rings. The Labute approximate surface area is 348 Å². The van der Waals surface area contributed by atoms with E-state index in [1.807, 2.05) is 37.1 Å². The molecule has 0 bridgehead atoms. The summed E-state index contributed by atoms with van der Waals surface area (Å²) in [4.78, 5) is 31.7. The van der Waals surface area contributed by atoms with Crippen molar-refractivity contribution in [3.8, 4) is 17.6 Å². The molecule has 14 heteroatoms. The molecule has 3 atom stereocenters. The van der Waals surface area contributed by atoms with Crippen molar-refractivity contribution in [1.29, 1.82) is 5.26 Å². The summed E-state index contributed by atoms with van der Waals surface area (Å²) in [5, 5.41) is 25.9. The van der Waals surface area contributed by atoms with Gasteiger partial charge in [-0.2, -0.15) is 5.26 Å². The molecule has 1 fully saturated rings. The van der Waals surface area contributed by atoms with Gasteiger partial charge in [0.2, 0.25) is 5.91 Å². The number of aliphatic carboxylic acids is 1. The summed E-state index contributed by atoms with van der Waals surface area (Å²) in [6.07, 6.45) is 9.69. The first-order valence-electron chi connectivity index (χ1n) is 20.5. The number of carbonyl (C=O) groups excluding carboxylic acids is 1. The normalized spacial score (nSPS) is 20.0. The second-order valence-corrected chi connectivity index (χ2v) is 18.2. The quantitative estimate of drug-likeness (QED) is 0.128. The van der Waals surface area contributed by atoms with Gasteiger partial charge in [-0.1, -0.05) is 49.2 Å². The summed E-state index contributed by atoms with van der Waals surface area (Å²) >= 11 is 6.84. The van der Waals surface area contributed by atoms with Crippen LogP contribution in [0.15, 0.2) is 52.5 Å². The number of ether oxygens (including phenoxy) is 2. The standard InChI is InChI=1S/C44H58ClN5O7S/c1-4-20-58(54,55)21-17-47-15-16-49-43(51)38-12-8-11-37(31(38)3)36-10-7-9-34(30(36)2)14-19-56-42-24-41(57-29-33-22-32(25-46)26-48-27-33)35(23-39(42)45)28-50-18-6-5-13-40(50)44(52)53/h7,9-11,23-24,27,32-33,40,47H,4-6,8,12-22,26,28-29H2,1-3H3,(H,49,51)(H,52,53)/t32?,33?,40-/m0/s1. The molecule has 2 aromatic carbocycles. The fourth-order valence-corrected chi connectivity index (χ4v) is 9.50. The number of piperidine rings is 1. The number of carbonyl (C=O) groups is 2. The third-order valence-corrected chi connectivity index (χ3v) is 13.3. The molecular weight excluding hydrogens is 778 g/mol. The number of rotatable bonds is 20. The average molecular weight is 836 g/mol. The Bertz CT molecular complexity index is 2030. The van der Waals surface area contributed by atoms with Crippen molar-refractivity contribution in [3.63, 3.8) is 0 Å². The van der Waals surface area contributed by atoms with Crippen LogP contribution in [0.4, 0.5) is 0 Å². The third-order valence-electron chi connectivity index (χ3n) is 11.2. The molecule has 1 aliphatic carbocycles. The molecule has 0 radical (unpaired) electrons. The van der Waals surface area contributed by atoms with Crippen molar-refractivity contribution < 1.29 is 32.6 Å². The maximum atomic E-state index is 13.3. The maximum Gasteiger partial charge on any atom is 0.320 e. The van der Waals surface area contributed by atoms with Gasteiger partial charge in [-0.05, 0) is 92.8 Å². The predicted molar refractivity (Wildman–Crippen MR) is 228 cm³/mol. The number of hydrogen-bond donors (Lipinski definition) is 3. The highest BCUT2D eigenvalue weighted by Gasteiger charge is 2.30. The van der Waals surface area contributed by atoms with Gasteiger partial charge in [0, 0.05) is 67.7 Å². The Morgan fingerprint density at radius 3 is 2.69 bits per heavy atom. The number of amides is 1. The number of hydrogen-bond acceptors (Lipinski definition) is 10. The highest BCUT2D eigenvalue weighted by Crippen LogP contribution is 2.37. The summed E-state index contributed by atoms with van der Waals surface area (Å²) in [5.74, 6) is 0.205. The molecule has 1 amide bonds. The molecule has 12 nitrogen and oxygen atoms in total. The maximum absolute atomic E-state index is 13.3. The molecule has 314 valence electrons. The van der Waals surface area contributed by atoms with Crippen LogP contribution in [0.2, 0.25) is 5.02 Å². The lowest BCUT2D eigenvalue weighted by Crippen LogP contribution is -2.44. The summed E-state index contributed by atoms with van der Waals surface area (Å²) in [6.45, 7) is 9.38. The second-order valence-electron chi connectivity index (χ2n) is 15.5. The van der Waals surface area contributed by atoms with Crippen LogP contribution in [0.25, 0.3) is 5.57 Å². The van der Waals surface area contributed by atoms with Gasteiger partial charge in [-0.3, -0.25) is 19.5 Å². The molecule has 5 rings (SSSR count). The first-order valence-corrected chi connectivity index (χ1v) is 22.7. The number of nitrogens with zero attached hydrogens (tertiary/aromatic N) is 3. The highest BCUT2D eigenvalue weighted by atomic mass is 35.5. The van der Waals surface area contributed by atoms with E-state index in [1.54, 1.807) is 6.07 Å². The minimum atomic E-state index is -3.04. The van der Waals surface area contributed by atoms with Crippen LogP contribution >= 0.6 is 11.6 Å². The van der Waals surface area contributed by atoms with Gasteiger partial charge < -0.3 is 25.2 Å². The molecule has 3 N–H and O–H groups in total. The number of nitrogens with one attached hydrogen (secondary N) is 2. The first-order chi connectivity index (χ1) is 27.9. The number of allylic oxidation sites excluding steroid dienone is 3. The van der Waals surface area contributed by atoms with Gasteiger partial charge in [0.15, 0.2) is 9.84 Å². The minimum absolute atomic E-state index is 0.0244. The van der Waals surface area contributed by atoms with E-state index < -0.39 is 21.8 Å². The number of nitriles is 1. The second kappa shape index (κ2) is 21.7.